The van der Waals surface area contributed by atoms with E-state index in [4.69, 9.17) is 9.72 Å². The molecule has 0 bridgehead atoms. The molecular weight excluding hydrogens is 290 g/mol. The van der Waals surface area contributed by atoms with Crippen molar-refractivity contribution in [1.29, 1.82) is 0 Å². The summed E-state index contributed by atoms with van der Waals surface area (Å²) in [5.74, 6) is 2.51. The smallest absolute Gasteiger partial charge is 0.185 e. The fourth-order valence-corrected chi connectivity index (χ4v) is 4.29. The van der Waals surface area contributed by atoms with Gasteiger partial charge in [-0.25, -0.2) is 4.98 Å². The summed E-state index contributed by atoms with van der Waals surface area (Å²) in [5.41, 5.74) is 1.26. The van der Waals surface area contributed by atoms with Gasteiger partial charge in [0.1, 0.15) is 0 Å². The molecule has 2 rings (SSSR count). The van der Waals surface area contributed by atoms with Crippen molar-refractivity contribution in [2.75, 3.05) is 49.8 Å². The Morgan fingerprint density at radius 1 is 1.35 bits per heavy atom. The number of nitrogens with zero attached hydrogens (tertiary/aromatic N) is 2. The molecule has 0 radical (unpaired) electrons. The van der Waals surface area contributed by atoms with Gasteiger partial charge in [0.05, 0.1) is 12.3 Å². The Balaban J connectivity index is 1.97. The molecule has 0 atom stereocenters. The Morgan fingerprint density at radius 3 is 3.05 bits per heavy atom. The zero-order valence-corrected chi connectivity index (χ0v) is 14.1. The minimum absolute atomic E-state index is 0.760. The third-order valence-electron chi connectivity index (χ3n) is 3.36. The van der Waals surface area contributed by atoms with Gasteiger partial charge in [-0.15, -0.1) is 11.3 Å². The normalized spacial score (nSPS) is 16.4. The monoisotopic (exact) mass is 315 g/mol. The molecule has 4 nitrogen and oxygen atoms in total. The average Bonchev–Trinajstić information content (AvgIpc) is 2.69. The van der Waals surface area contributed by atoms with E-state index >= 15 is 0 Å². The Hall–Kier alpha value is -0.300. The van der Waals surface area contributed by atoms with Crippen LogP contribution in [0.5, 0.6) is 0 Å². The molecule has 0 spiro atoms. The number of ether oxygens (including phenoxy) is 1. The number of aryl methyl sites for hydroxylation is 1. The third-order valence-corrected chi connectivity index (χ3v) is 5.57. The van der Waals surface area contributed by atoms with Crippen LogP contribution in [0, 0.1) is 0 Å². The fourth-order valence-electron chi connectivity index (χ4n) is 2.23. The van der Waals surface area contributed by atoms with Crippen molar-refractivity contribution in [3.8, 4) is 0 Å². The molecule has 1 fully saturated rings. The van der Waals surface area contributed by atoms with E-state index in [1.807, 2.05) is 11.3 Å². The van der Waals surface area contributed by atoms with E-state index in [0.717, 1.165) is 39.2 Å². The molecular formula is C14H25N3OS2. The number of aromatic nitrogens is 1. The highest BCUT2D eigenvalue weighted by molar-refractivity contribution is 7.99. The van der Waals surface area contributed by atoms with Crippen LogP contribution in [-0.2, 0) is 17.7 Å². The SMILES string of the molecule is CCc1nc(N2CCCSCC2)sc1CNCCOC. The van der Waals surface area contributed by atoms with Gasteiger partial charge in [0.15, 0.2) is 5.13 Å². The standard InChI is InChI=1S/C14H25N3OS2/c1-3-12-13(11-15-5-8-18-2)20-14(16-12)17-6-4-9-19-10-7-17/h15H,3-11H2,1-2H3. The van der Waals surface area contributed by atoms with E-state index in [2.05, 4.69) is 28.9 Å². The van der Waals surface area contributed by atoms with Crippen LogP contribution in [0.4, 0.5) is 5.13 Å². The van der Waals surface area contributed by atoms with Crippen LogP contribution in [0.3, 0.4) is 0 Å². The Bertz CT molecular complexity index is 390. The number of hydrogen-bond acceptors (Lipinski definition) is 6. The van der Waals surface area contributed by atoms with Gasteiger partial charge in [0, 0.05) is 43.9 Å². The third kappa shape index (κ3) is 4.62. The molecule has 0 amide bonds. The van der Waals surface area contributed by atoms with Gasteiger partial charge in [0.2, 0.25) is 0 Å². The van der Waals surface area contributed by atoms with Crippen LogP contribution < -0.4 is 10.2 Å². The second-order valence-corrected chi connectivity index (χ2v) is 7.13. The summed E-state index contributed by atoms with van der Waals surface area (Å²) in [4.78, 5) is 8.70. The van der Waals surface area contributed by atoms with Crippen LogP contribution in [0.1, 0.15) is 23.9 Å². The molecule has 2 heterocycles. The predicted molar refractivity (Wildman–Crippen MR) is 89.2 cm³/mol. The molecule has 0 aromatic carbocycles. The number of thioether (sulfide) groups is 1. The quantitative estimate of drug-likeness (QED) is 0.782. The summed E-state index contributed by atoms with van der Waals surface area (Å²) in [7, 11) is 1.74. The first-order valence-corrected chi connectivity index (χ1v) is 9.33. The average molecular weight is 316 g/mol. The minimum atomic E-state index is 0.760. The number of methoxy groups -OCH3 is 1. The van der Waals surface area contributed by atoms with Crippen LogP contribution in [-0.4, -0.2) is 49.8 Å². The van der Waals surface area contributed by atoms with Crippen LogP contribution >= 0.6 is 23.1 Å². The van der Waals surface area contributed by atoms with Crippen molar-refractivity contribution in [3.63, 3.8) is 0 Å². The molecule has 0 saturated carbocycles. The lowest BCUT2D eigenvalue weighted by Gasteiger charge is -2.18. The van der Waals surface area contributed by atoms with Crippen molar-refractivity contribution in [1.82, 2.24) is 10.3 Å². The summed E-state index contributed by atoms with van der Waals surface area (Å²) in [6.45, 7) is 7.05. The molecule has 1 aromatic rings. The zero-order valence-electron chi connectivity index (χ0n) is 12.5. The maximum absolute atomic E-state index is 5.07. The number of hydrogen-bond donors (Lipinski definition) is 1. The van der Waals surface area contributed by atoms with Crippen molar-refractivity contribution < 1.29 is 4.74 Å². The number of anilines is 1. The molecule has 1 saturated heterocycles. The summed E-state index contributed by atoms with van der Waals surface area (Å²) >= 11 is 3.92. The first-order valence-electron chi connectivity index (χ1n) is 7.36. The number of thiazole rings is 1. The largest absolute Gasteiger partial charge is 0.383 e. The molecule has 0 unspecified atom stereocenters. The molecule has 114 valence electrons. The first-order chi connectivity index (χ1) is 9.85. The van der Waals surface area contributed by atoms with Crippen molar-refractivity contribution in [2.24, 2.45) is 0 Å². The van der Waals surface area contributed by atoms with Gasteiger partial charge in [-0.05, 0) is 18.6 Å². The van der Waals surface area contributed by atoms with Crippen molar-refractivity contribution in [3.05, 3.63) is 10.6 Å². The molecule has 1 aliphatic rings. The second-order valence-electron chi connectivity index (χ2n) is 4.84. The lowest BCUT2D eigenvalue weighted by Crippen LogP contribution is -2.25. The van der Waals surface area contributed by atoms with E-state index in [-0.39, 0.29) is 0 Å². The Kier molecular flexibility index (Phi) is 7.13. The van der Waals surface area contributed by atoms with E-state index in [1.54, 1.807) is 7.11 Å². The van der Waals surface area contributed by atoms with E-state index in [0.29, 0.717) is 0 Å². The fraction of sp³-hybridized carbons (Fsp3) is 0.786. The molecule has 20 heavy (non-hydrogen) atoms. The summed E-state index contributed by atoms with van der Waals surface area (Å²) in [6.07, 6.45) is 2.29. The van der Waals surface area contributed by atoms with Gasteiger partial charge in [-0.1, -0.05) is 6.92 Å². The maximum Gasteiger partial charge on any atom is 0.185 e. The summed E-state index contributed by atoms with van der Waals surface area (Å²) in [5, 5.41) is 4.64. The van der Waals surface area contributed by atoms with Gasteiger partial charge >= 0.3 is 0 Å². The van der Waals surface area contributed by atoms with E-state index < -0.39 is 0 Å². The summed E-state index contributed by atoms with van der Waals surface area (Å²) < 4.78 is 5.07. The molecule has 1 aromatic heterocycles. The maximum atomic E-state index is 5.07. The lowest BCUT2D eigenvalue weighted by molar-refractivity contribution is 0.199. The molecule has 1 aliphatic heterocycles. The number of nitrogens with one attached hydrogen (secondary N) is 1. The number of rotatable bonds is 7. The van der Waals surface area contributed by atoms with Crippen LogP contribution in [0.2, 0.25) is 0 Å². The molecule has 1 N–H and O–H groups in total. The first kappa shape index (κ1) is 16.1. The van der Waals surface area contributed by atoms with Crippen LogP contribution in [0.25, 0.3) is 0 Å². The second kappa shape index (κ2) is 8.87. The molecule has 0 aliphatic carbocycles. The van der Waals surface area contributed by atoms with E-state index in [1.165, 1.54) is 33.6 Å². The van der Waals surface area contributed by atoms with Crippen molar-refractivity contribution in [2.45, 2.75) is 26.3 Å². The predicted octanol–water partition coefficient (Wildman–Crippen LogP) is 2.38. The lowest BCUT2D eigenvalue weighted by atomic mass is 10.3. The van der Waals surface area contributed by atoms with E-state index in [9.17, 15) is 0 Å². The summed E-state index contributed by atoms with van der Waals surface area (Å²) in [6, 6.07) is 0. The Labute approximate surface area is 130 Å². The van der Waals surface area contributed by atoms with Gasteiger partial charge in [0.25, 0.3) is 0 Å². The zero-order chi connectivity index (χ0) is 14.2. The molecule has 6 heteroatoms. The van der Waals surface area contributed by atoms with Crippen LogP contribution in [0.15, 0.2) is 0 Å². The van der Waals surface area contributed by atoms with Gasteiger partial charge in [-0.2, -0.15) is 11.8 Å². The van der Waals surface area contributed by atoms with Gasteiger partial charge < -0.3 is 15.0 Å². The minimum Gasteiger partial charge on any atom is -0.383 e. The van der Waals surface area contributed by atoms with Crippen molar-refractivity contribution >= 4 is 28.2 Å². The topological polar surface area (TPSA) is 37.4 Å². The highest BCUT2D eigenvalue weighted by Gasteiger charge is 2.16. The van der Waals surface area contributed by atoms with Gasteiger partial charge in [-0.3, -0.25) is 0 Å². The highest BCUT2D eigenvalue weighted by Crippen LogP contribution is 2.28. The Morgan fingerprint density at radius 2 is 2.25 bits per heavy atom. The highest BCUT2D eigenvalue weighted by atomic mass is 32.2.